The Labute approximate surface area is 82.8 Å². The van der Waals surface area contributed by atoms with Crippen molar-refractivity contribution in [3.8, 4) is 0 Å². The van der Waals surface area contributed by atoms with Gasteiger partial charge in [0.05, 0.1) is 13.2 Å². The van der Waals surface area contributed by atoms with Crippen LogP contribution in [0.15, 0.2) is 24.3 Å². The fraction of sp³-hybridized carbons (Fsp3) is 0.400. The molecule has 3 nitrogen and oxygen atoms in total. The molecule has 0 aliphatic heterocycles. The largest absolute Gasteiger partial charge is 0.382 e. The van der Waals surface area contributed by atoms with Crippen molar-refractivity contribution in [1.29, 1.82) is 0 Å². The number of ether oxygens (including phenoxy) is 1. The van der Waals surface area contributed by atoms with Crippen LogP contribution in [0.2, 0.25) is 0 Å². The van der Waals surface area contributed by atoms with Gasteiger partial charge in [0.1, 0.15) is 5.82 Å². The van der Waals surface area contributed by atoms with Crippen LogP contribution < -0.4 is 5.48 Å². The van der Waals surface area contributed by atoms with Gasteiger partial charge in [-0.3, -0.25) is 4.84 Å². The van der Waals surface area contributed by atoms with E-state index in [1.807, 2.05) is 0 Å². The normalized spacial score (nSPS) is 10.4. The Morgan fingerprint density at radius 3 is 2.79 bits per heavy atom. The first-order valence-electron chi connectivity index (χ1n) is 4.41. The summed E-state index contributed by atoms with van der Waals surface area (Å²) < 4.78 is 17.8. The number of hydrogen-bond donors (Lipinski definition) is 1. The van der Waals surface area contributed by atoms with E-state index in [1.54, 1.807) is 25.3 Å². The molecule has 0 aromatic heterocycles. The molecule has 14 heavy (non-hydrogen) atoms. The standard InChI is InChI=1S/C10H14FNO2/c1-13-6-7-14-12-8-9-4-2-3-5-10(9)11/h2-5,12H,6-8H2,1H3. The average Bonchev–Trinajstić information content (AvgIpc) is 2.20. The molecule has 1 rings (SSSR count). The van der Waals surface area contributed by atoms with Crippen LogP contribution in [0.5, 0.6) is 0 Å². The number of nitrogens with one attached hydrogen (secondary N) is 1. The molecule has 1 aromatic rings. The molecular formula is C10H14FNO2. The lowest BCUT2D eigenvalue weighted by atomic mass is 10.2. The molecule has 1 aromatic carbocycles. The van der Waals surface area contributed by atoms with Crippen LogP contribution in [-0.2, 0) is 16.1 Å². The topological polar surface area (TPSA) is 30.5 Å². The van der Waals surface area contributed by atoms with Crippen LogP contribution in [0, 0.1) is 5.82 Å². The fourth-order valence-electron chi connectivity index (χ4n) is 0.968. The number of hydrogen-bond acceptors (Lipinski definition) is 3. The molecule has 0 bridgehead atoms. The van der Waals surface area contributed by atoms with Gasteiger partial charge < -0.3 is 4.74 Å². The van der Waals surface area contributed by atoms with E-state index in [2.05, 4.69) is 5.48 Å². The van der Waals surface area contributed by atoms with E-state index in [-0.39, 0.29) is 5.82 Å². The summed E-state index contributed by atoms with van der Waals surface area (Å²) in [5.41, 5.74) is 3.25. The van der Waals surface area contributed by atoms with E-state index >= 15 is 0 Å². The first-order valence-corrected chi connectivity index (χ1v) is 4.41. The molecule has 0 aliphatic rings. The van der Waals surface area contributed by atoms with Gasteiger partial charge in [0.2, 0.25) is 0 Å². The Hall–Kier alpha value is -0.970. The highest BCUT2D eigenvalue weighted by Gasteiger charge is 1.98. The molecule has 78 valence electrons. The van der Waals surface area contributed by atoms with Gasteiger partial charge in [0, 0.05) is 19.2 Å². The Morgan fingerprint density at radius 1 is 1.29 bits per heavy atom. The van der Waals surface area contributed by atoms with Crippen LogP contribution >= 0.6 is 0 Å². The van der Waals surface area contributed by atoms with Gasteiger partial charge in [-0.25, -0.2) is 4.39 Å². The zero-order valence-corrected chi connectivity index (χ0v) is 8.13. The lowest BCUT2D eigenvalue weighted by molar-refractivity contribution is 0.00308. The minimum Gasteiger partial charge on any atom is -0.382 e. The molecule has 1 N–H and O–H groups in total. The van der Waals surface area contributed by atoms with Gasteiger partial charge in [-0.1, -0.05) is 18.2 Å². The molecule has 0 aliphatic carbocycles. The van der Waals surface area contributed by atoms with Crippen molar-refractivity contribution in [1.82, 2.24) is 5.48 Å². The molecule has 0 amide bonds. The van der Waals surface area contributed by atoms with Crippen molar-refractivity contribution in [3.63, 3.8) is 0 Å². The Morgan fingerprint density at radius 2 is 2.07 bits per heavy atom. The van der Waals surface area contributed by atoms with Gasteiger partial charge in [-0.2, -0.15) is 5.48 Å². The van der Waals surface area contributed by atoms with Gasteiger partial charge in [-0.05, 0) is 6.07 Å². The van der Waals surface area contributed by atoms with Crippen LogP contribution in [0.4, 0.5) is 4.39 Å². The number of halogens is 1. The molecule has 0 spiro atoms. The third kappa shape index (κ3) is 3.83. The maximum atomic E-state index is 13.0. The highest BCUT2D eigenvalue weighted by atomic mass is 19.1. The van der Waals surface area contributed by atoms with Gasteiger partial charge in [0.15, 0.2) is 0 Å². The molecule has 0 atom stereocenters. The van der Waals surface area contributed by atoms with Crippen LogP contribution in [0.1, 0.15) is 5.56 Å². The summed E-state index contributed by atoms with van der Waals surface area (Å²) in [7, 11) is 1.60. The number of benzene rings is 1. The van der Waals surface area contributed by atoms with Gasteiger partial charge >= 0.3 is 0 Å². The molecule has 0 heterocycles. The monoisotopic (exact) mass is 199 g/mol. The summed E-state index contributed by atoms with van der Waals surface area (Å²) in [6, 6.07) is 6.58. The first kappa shape index (κ1) is 11.1. The van der Waals surface area contributed by atoms with Gasteiger partial charge in [0.25, 0.3) is 0 Å². The van der Waals surface area contributed by atoms with Crippen LogP contribution in [0.25, 0.3) is 0 Å². The Kier molecular flexibility index (Phi) is 5.14. The summed E-state index contributed by atoms with van der Waals surface area (Å²) in [6.45, 7) is 1.33. The van der Waals surface area contributed by atoms with Crippen LogP contribution in [0.3, 0.4) is 0 Å². The van der Waals surface area contributed by atoms with Crippen molar-refractivity contribution < 1.29 is 14.0 Å². The molecule has 0 saturated carbocycles. The molecule has 0 fully saturated rings. The predicted molar refractivity (Wildman–Crippen MR) is 51.1 cm³/mol. The van der Waals surface area contributed by atoms with E-state index in [0.717, 1.165) is 0 Å². The highest BCUT2D eigenvalue weighted by molar-refractivity contribution is 5.16. The predicted octanol–water partition coefficient (Wildman–Crippen LogP) is 1.49. The second kappa shape index (κ2) is 6.48. The zero-order valence-electron chi connectivity index (χ0n) is 8.13. The summed E-state index contributed by atoms with van der Waals surface area (Å²) >= 11 is 0. The summed E-state index contributed by atoms with van der Waals surface area (Å²) in [5.74, 6) is -0.227. The van der Waals surface area contributed by atoms with Crippen LogP contribution in [-0.4, -0.2) is 20.3 Å². The van der Waals surface area contributed by atoms with E-state index < -0.39 is 0 Å². The average molecular weight is 199 g/mol. The van der Waals surface area contributed by atoms with E-state index in [9.17, 15) is 4.39 Å². The fourth-order valence-corrected chi connectivity index (χ4v) is 0.968. The summed E-state index contributed by atoms with van der Waals surface area (Å²) in [5, 5.41) is 0. The van der Waals surface area contributed by atoms with Gasteiger partial charge in [-0.15, -0.1) is 0 Å². The zero-order chi connectivity index (χ0) is 10.2. The van der Waals surface area contributed by atoms with Crippen molar-refractivity contribution in [2.24, 2.45) is 0 Å². The third-order valence-corrected chi connectivity index (χ3v) is 1.71. The molecule has 0 unspecified atom stereocenters. The van der Waals surface area contributed by atoms with Crippen molar-refractivity contribution in [2.75, 3.05) is 20.3 Å². The molecule has 0 radical (unpaired) electrons. The lowest BCUT2D eigenvalue weighted by Crippen LogP contribution is -2.17. The Bertz CT molecular complexity index is 268. The lowest BCUT2D eigenvalue weighted by Gasteiger charge is -2.05. The van der Waals surface area contributed by atoms with E-state index in [4.69, 9.17) is 9.57 Å². The second-order valence-corrected chi connectivity index (χ2v) is 2.75. The van der Waals surface area contributed by atoms with E-state index in [0.29, 0.717) is 25.3 Å². The minimum absolute atomic E-state index is 0.227. The first-order chi connectivity index (χ1) is 6.84. The maximum Gasteiger partial charge on any atom is 0.127 e. The highest BCUT2D eigenvalue weighted by Crippen LogP contribution is 2.04. The summed E-state index contributed by atoms with van der Waals surface area (Å²) in [6.07, 6.45) is 0. The smallest absolute Gasteiger partial charge is 0.127 e. The quantitative estimate of drug-likeness (QED) is 0.556. The van der Waals surface area contributed by atoms with Crippen molar-refractivity contribution >= 4 is 0 Å². The number of rotatable bonds is 6. The molecular weight excluding hydrogens is 185 g/mol. The molecule has 4 heteroatoms. The van der Waals surface area contributed by atoms with Crippen molar-refractivity contribution in [3.05, 3.63) is 35.6 Å². The Balaban J connectivity index is 2.21. The number of methoxy groups -OCH3 is 1. The molecule has 0 saturated heterocycles. The van der Waals surface area contributed by atoms with Crippen molar-refractivity contribution in [2.45, 2.75) is 6.54 Å². The third-order valence-electron chi connectivity index (χ3n) is 1.71. The minimum atomic E-state index is -0.227. The summed E-state index contributed by atoms with van der Waals surface area (Å²) in [4.78, 5) is 4.99. The SMILES string of the molecule is COCCONCc1ccccc1F. The maximum absolute atomic E-state index is 13.0. The number of hydroxylamine groups is 1. The second-order valence-electron chi connectivity index (χ2n) is 2.75. The van der Waals surface area contributed by atoms with E-state index in [1.165, 1.54) is 6.07 Å².